The standard InChI is InChI=1S/C12H17F2NO/c1-8(16)6-7-15-9(2)10-4-3-5-11(13)12(10)14/h3-5,8-9,15-16H,6-7H2,1-2H3. The molecule has 0 aromatic heterocycles. The minimum Gasteiger partial charge on any atom is -0.393 e. The van der Waals surface area contributed by atoms with Gasteiger partial charge < -0.3 is 10.4 Å². The van der Waals surface area contributed by atoms with Crippen molar-refractivity contribution in [1.82, 2.24) is 5.32 Å². The topological polar surface area (TPSA) is 32.3 Å². The van der Waals surface area contributed by atoms with Crippen molar-refractivity contribution in [3.63, 3.8) is 0 Å². The van der Waals surface area contributed by atoms with Crippen LogP contribution in [0.15, 0.2) is 18.2 Å². The molecule has 0 saturated heterocycles. The first-order chi connectivity index (χ1) is 7.52. The van der Waals surface area contributed by atoms with E-state index in [2.05, 4.69) is 5.32 Å². The van der Waals surface area contributed by atoms with E-state index in [0.717, 1.165) is 6.07 Å². The minimum absolute atomic E-state index is 0.269. The molecule has 0 heterocycles. The highest BCUT2D eigenvalue weighted by molar-refractivity contribution is 5.21. The number of hydrogen-bond acceptors (Lipinski definition) is 2. The molecule has 2 nitrogen and oxygen atoms in total. The molecule has 0 amide bonds. The molecule has 1 aromatic rings. The molecule has 0 aliphatic carbocycles. The number of benzene rings is 1. The Morgan fingerprint density at radius 3 is 2.62 bits per heavy atom. The summed E-state index contributed by atoms with van der Waals surface area (Å²) in [5.74, 6) is -1.64. The van der Waals surface area contributed by atoms with Gasteiger partial charge >= 0.3 is 0 Å². The van der Waals surface area contributed by atoms with Crippen LogP contribution in [0.3, 0.4) is 0 Å². The summed E-state index contributed by atoms with van der Waals surface area (Å²) in [4.78, 5) is 0. The number of hydrogen-bond donors (Lipinski definition) is 2. The summed E-state index contributed by atoms with van der Waals surface area (Å²) in [7, 11) is 0. The quantitative estimate of drug-likeness (QED) is 0.812. The second-order valence-corrected chi connectivity index (χ2v) is 3.96. The Kier molecular flexibility index (Phi) is 4.83. The summed E-state index contributed by atoms with van der Waals surface area (Å²) in [5, 5.41) is 12.1. The molecule has 1 aromatic carbocycles. The number of nitrogens with one attached hydrogen (secondary N) is 1. The van der Waals surface area contributed by atoms with Crippen molar-refractivity contribution in [3.05, 3.63) is 35.4 Å². The van der Waals surface area contributed by atoms with Crippen LogP contribution in [0.1, 0.15) is 31.9 Å². The van der Waals surface area contributed by atoms with Gasteiger partial charge in [0.05, 0.1) is 6.10 Å². The van der Waals surface area contributed by atoms with Crippen molar-refractivity contribution in [2.24, 2.45) is 0 Å². The van der Waals surface area contributed by atoms with Crippen LogP contribution in [0.25, 0.3) is 0 Å². The summed E-state index contributed by atoms with van der Waals surface area (Å²) in [5.41, 5.74) is 0.311. The lowest BCUT2D eigenvalue weighted by molar-refractivity contribution is 0.182. The van der Waals surface area contributed by atoms with Crippen molar-refractivity contribution >= 4 is 0 Å². The van der Waals surface area contributed by atoms with E-state index in [0.29, 0.717) is 18.5 Å². The third kappa shape index (κ3) is 3.54. The first kappa shape index (κ1) is 13.1. The fourth-order valence-electron chi connectivity index (χ4n) is 1.47. The second-order valence-electron chi connectivity index (χ2n) is 3.96. The molecule has 0 saturated carbocycles. The van der Waals surface area contributed by atoms with E-state index in [1.54, 1.807) is 19.9 Å². The largest absolute Gasteiger partial charge is 0.393 e. The van der Waals surface area contributed by atoms with Crippen LogP contribution in [0.2, 0.25) is 0 Å². The highest BCUT2D eigenvalue weighted by Gasteiger charge is 2.13. The molecular weight excluding hydrogens is 212 g/mol. The SMILES string of the molecule is CC(O)CCNC(C)c1cccc(F)c1F. The molecule has 0 aliphatic rings. The van der Waals surface area contributed by atoms with Gasteiger partial charge in [0.1, 0.15) is 0 Å². The monoisotopic (exact) mass is 229 g/mol. The predicted molar refractivity (Wildman–Crippen MR) is 59.1 cm³/mol. The third-order valence-corrected chi connectivity index (χ3v) is 2.46. The zero-order valence-electron chi connectivity index (χ0n) is 9.50. The first-order valence-electron chi connectivity index (χ1n) is 5.37. The van der Waals surface area contributed by atoms with E-state index in [9.17, 15) is 8.78 Å². The van der Waals surface area contributed by atoms with Crippen LogP contribution in [0.5, 0.6) is 0 Å². The van der Waals surface area contributed by atoms with E-state index in [-0.39, 0.29) is 6.04 Å². The smallest absolute Gasteiger partial charge is 0.163 e. The van der Waals surface area contributed by atoms with E-state index >= 15 is 0 Å². The Hall–Kier alpha value is -1.00. The normalized spacial score (nSPS) is 14.8. The van der Waals surface area contributed by atoms with Crippen LogP contribution >= 0.6 is 0 Å². The molecule has 0 aliphatic heterocycles. The van der Waals surface area contributed by atoms with Gasteiger partial charge in [-0.3, -0.25) is 0 Å². The van der Waals surface area contributed by atoms with Crippen molar-refractivity contribution in [2.45, 2.75) is 32.4 Å². The van der Waals surface area contributed by atoms with Crippen molar-refractivity contribution in [2.75, 3.05) is 6.54 Å². The van der Waals surface area contributed by atoms with Crippen molar-refractivity contribution in [3.8, 4) is 0 Å². The maximum Gasteiger partial charge on any atom is 0.163 e. The Balaban J connectivity index is 2.59. The summed E-state index contributed by atoms with van der Waals surface area (Å²) in [6.07, 6.45) is 0.193. The number of aliphatic hydroxyl groups is 1. The molecular formula is C12H17F2NO. The summed E-state index contributed by atoms with van der Waals surface area (Å²) < 4.78 is 26.3. The molecule has 1 rings (SSSR count). The average Bonchev–Trinajstić information content (AvgIpc) is 2.21. The van der Waals surface area contributed by atoms with Gasteiger partial charge in [0.25, 0.3) is 0 Å². The summed E-state index contributed by atoms with van der Waals surface area (Å²) in [6.45, 7) is 4.02. The third-order valence-electron chi connectivity index (χ3n) is 2.46. The number of aliphatic hydroxyl groups excluding tert-OH is 1. The zero-order valence-corrected chi connectivity index (χ0v) is 9.50. The lowest BCUT2D eigenvalue weighted by Gasteiger charge is -2.15. The van der Waals surface area contributed by atoms with Crippen LogP contribution < -0.4 is 5.32 Å². The maximum atomic E-state index is 13.4. The number of halogens is 2. The Labute approximate surface area is 94.3 Å². The fraction of sp³-hybridized carbons (Fsp3) is 0.500. The van der Waals surface area contributed by atoms with Gasteiger partial charge in [0.15, 0.2) is 11.6 Å². The molecule has 0 bridgehead atoms. The van der Waals surface area contributed by atoms with Crippen LogP contribution in [0.4, 0.5) is 8.78 Å². The molecule has 2 unspecified atom stereocenters. The van der Waals surface area contributed by atoms with Gasteiger partial charge in [-0.1, -0.05) is 12.1 Å². The highest BCUT2D eigenvalue weighted by Crippen LogP contribution is 2.18. The minimum atomic E-state index is -0.832. The maximum absolute atomic E-state index is 13.4. The molecule has 0 fully saturated rings. The van der Waals surface area contributed by atoms with Crippen LogP contribution in [-0.4, -0.2) is 17.8 Å². The molecule has 16 heavy (non-hydrogen) atoms. The Morgan fingerprint density at radius 2 is 2.00 bits per heavy atom. The van der Waals surface area contributed by atoms with Crippen LogP contribution in [-0.2, 0) is 0 Å². The molecule has 0 spiro atoms. The Morgan fingerprint density at radius 1 is 1.31 bits per heavy atom. The van der Waals surface area contributed by atoms with E-state index in [1.807, 2.05) is 0 Å². The lowest BCUT2D eigenvalue weighted by Crippen LogP contribution is -2.23. The molecule has 2 atom stereocenters. The first-order valence-corrected chi connectivity index (χ1v) is 5.37. The molecule has 90 valence electrons. The molecule has 4 heteroatoms. The fourth-order valence-corrected chi connectivity index (χ4v) is 1.47. The molecule has 2 N–H and O–H groups in total. The summed E-state index contributed by atoms with van der Waals surface area (Å²) >= 11 is 0. The Bertz CT molecular complexity index is 342. The second kappa shape index (κ2) is 5.92. The van der Waals surface area contributed by atoms with Gasteiger partial charge in [-0.25, -0.2) is 8.78 Å². The van der Waals surface area contributed by atoms with Gasteiger partial charge in [0.2, 0.25) is 0 Å². The summed E-state index contributed by atoms with van der Waals surface area (Å²) in [6, 6.07) is 3.87. The molecule has 0 radical (unpaired) electrons. The van der Waals surface area contributed by atoms with Gasteiger partial charge in [0, 0.05) is 11.6 Å². The van der Waals surface area contributed by atoms with Gasteiger partial charge in [-0.05, 0) is 32.9 Å². The van der Waals surface area contributed by atoms with E-state index < -0.39 is 17.7 Å². The van der Waals surface area contributed by atoms with Gasteiger partial charge in [-0.15, -0.1) is 0 Å². The van der Waals surface area contributed by atoms with Crippen LogP contribution in [0, 0.1) is 11.6 Å². The van der Waals surface area contributed by atoms with Crippen molar-refractivity contribution in [1.29, 1.82) is 0 Å². The van der Waals surface area contributed by atoms with Gasteiger partial charge in [-0.2, -0.15) is 0 Å². The van der Waals surface area contributed by atoms with E-state index in [4.69, 9.17) is 5.11 Å². The lowest BCUT2D eigenvalue weighted by atomic mass is 10.1. The number of rotatable bonds is 5. The highest BCUT2D eigenvalue weighted by atomic mass is 19.2. The van der Waals surface area contributed by atoms with Crippen molar-refractivity contribution < 1.29 is 13.9 Å². The zero-order chi connectivity index (χ0) is 12.1. The average molecular weight is 229 g/mol. The predicted octanol–water partition coefficient (Wildman–Crippen LogP) is 2.39. The van der Waals surface area contributed by atoms with E-state index in [1.165, 1.54) is 6.07 Å².